The molecule has 0 radical (unpaired) electrons. The van der Waals surface area contributed by atoms with Gasteiger partial charge in [-0.3, -0.25) is 4.79 Å². The highest BCUT2D eigenvalue weighted by Gasteiger charge is 2.14. The number of carbonyl (C=O) groups excluding carboxylic acids is 1. The van der Waals surface area contributed by atoms with Crippen LogP contribution in [0.4, 0.5) is 4.39 Å². The number of nitrogens with zero attached hydrogens (tertiary/aromatic N) is 1. The number of hydrogen-bond donors (Lipinski definition) is 0. The fourth-order valence-electron chi connectivity index (χ4n) is 1.97. The molecule has 4 heteroatoms. The predicted octanol–water partition coefficient (Wildman–Crippen LogP) is 4.17. The Morgan fingerprint density at radius 1 is 1.20 bits per heavy atom. The van der Waals surface area contributed by atoms with E-state index in [4.69, 9.17) is 0 Å². The van der Waals surface area contributed by atoms with E-state index < -0.39 is 0 Å². The molecule has 0 aromatic heterocycles. The second-order valence-corrected chi connectivity index (χ2v) is 5.66. The molecular weight excluding hydrogens is 321 g/mol. The normalized spacial score (nSPS) is 10.4. The topological polar surface area (TPSA) is 20.3 Å². The molecule has 104 valence electrons. The van der Waals surface area contributed by atoms with Gasteiger partial charge >= 0.3 is 0 Å². The summed E-state index contributed by atoms with van der Waals surface area (Å²) in [6, 6.07) is 11.8. The largest absolute Gasteiger partial charge is 0.337 e. The van der Waals surface area contributed by atoms with Gasteiger partial charge in [-0.05, 0) is 42.3 Å². The van der Waals surface area contributed by atoms with Crippen molar-refractivity contribution in [2.45, 2.75) is 13.5 Å². The summed E-state index contributed by atoms with van der Waals surface area (Å²) < 4.78 is 13.7. The van der Waals surface area contributed by atoms with Gasteiger partial charge in [0.25, 0.3) is 5.91 Å². The molecule has 1 amide bonds. The zero-order valence-electron chi connectivity index (χ0n) is 11.4. The third-order valence-electron chi connectivity index (χ3n) is 3.11. The molecule has 0 atom stereocenters. The maximum absolute atomic E-state index is 12.9. The summed E-state index contributed by atoms with van der Waals surface area (Å²) in [7, 11) is 1.74. The Labute approximate surface area is 126 Å². The van der Waals surface area contributed by atoms with Gasteiger partial charge in [-0.2, -0.15) is 0 Å². The summed E-state index contributed by atoms with van der Waals surface area (Å²) in [5.74, 6) is -0.321. The van der Waals surface area contributed by atoms with Crippen molar-refractivity contribution in [3.05, 3.63) is 69.4 Å². The SMILES string of the molecule is Cc1ccc(Br)cc1C(=O)N(C)Cc1ccc(F)cc1. The van der Waals surface area contributed by atoms with Gasteiger partial charge in [-0.25, -0.2) is 4.39 Å². The molecule has 0 bridgehead atoms. The molecule has 0 saturated heterocycles. The zero-order valence-corrected chi connectivity index (χ0v) is 12.9. The van der Waals surface area contributed by atoms with Gasteiger partial charge < -0.3 is 4.90 Å². The molecular formula is C16H15BrFNO. The summed E-state index contributed by atoms with van der Waals surface area (Å²) >= 11 is 3.38. The van der Waals surface area contributed by atoms with Crippen LogP contribution in [0, 0.1) is 12.7 Å². The van der Waals surface area contributed by atoms with Crippen molar-refractivity contribution in [1.82, 2.24) is 4.90 Å². The molecule has 0 N–H and O–H groups in total. The van der Waals surface area contributed by atoms with E-state index in [2.05, 4.69) is 15.9 Å². The molecule has 0 fully saturated rings. The minimum atomic E-state index is -0.273. The minimum Gasteiger partial charge on any atom is -0.337 e. The van der Waals surface area contributed by atoms with Crippen LogP contribution in [0.2, 0.25) is 0 Å². The van der Waals surface area contributed by atoms with E-state index in [9.17, 15) is 9.18 Å². The van der Waals surface area contributed by atoms with Gasteiger partial charge in [0.1, 0.15) is 5.82 Å². The van der Waals surface area contributed by atoms with Crippen molar-refractivity contribution in [2.24, 2.45) is 0 Å². The standard InChI is InChI=1S/C16H15BrFNO/c1-11-3-6-13(17)9-15(11)16(20)19(2)10-12-4-7-14(18)8-5-12/h3-9H,10H2,1-2H3. The van der Waals surface area contributed by atoms with E-state index in [-0.39, 0.29) is 11.7 Å². The Morgan fingerprint density at radius 2 is 1.85 bits per heavy atom. The van der Waals surface area contributed by atoms with Gasteiger partial charge in [0.05, 0.1) is 0 Å². The zero-order chi connectivity index (χ0) is 14.7. The first-order chi connectivity index (χ1) is 9.47. The van der Waals surface area contributed by atoms with Gasteiger partial charge in [-0.1, -0.05) is 34.1 Å². The van der Waals surface area contributed by atoms with Crippen molar-refractivity contribution in [1.29, 1.82) is 0 Å². The number of rotatable bonds is 3. The van der Waals surface area contributed by atoms with Crippen LogP contribution in [0.1, 0.15) is 21.5 Å². The molecule has 0 spiro atoms. The number of amides is 1. The summed E-state index contributed by atoms with van der Waals surface area (Å²) in [4.78, 5) is 14.0. The van der Waals surface area contributed by atoms with Crippen molar-refractivity contribution in [2.75, 3.05) is 7.05 Å². The van der Waals surface area contributed by atoms with E-state index in [0.717, 1.165) is 15.6 Å². The van der Waals surface area contributed by atoms with Gasteiger partial charge in [-0.15, -0.1) is 0 Å². The quantitative estimate of drug-likeness (QED) is 0.824. The Bertz CT molecular complexity index is 625. The third-order valence-corrected chi connectivity index (χ3v) is 3.60. The Kier molecular flexibility index (Phi) is 4.55. The van der Waals surface area contributed by atoms with E-state index in [1.807, 2.05) is 25.1 Å². The van der Waals surface area contributed by atoms with Crippen LogP contribution >= 0.6 is 15.9 Å². The van der Waals surface area contributed by atoms with Gasteiger partial charge in [0.2, 0.25) is 0 Å². The number of hydrogen-bond acceptors (Lipinski definition) is 1. The highest BCUT2D eigenvalue weighted by molar-refractivity contribution is 9.10. The second kappa shape index (κ2) is 6.18. The Balaban J connectivity index is 2.16. The summed E-state index contributed by atoms with van der Waals surface area (Å²) in [6.07, 6.45) is 0. The number of carbonyl (C=O) groups is 1. The summed E-state index contributed by atoms with van der Waals surface area (Å²) in [5, 5.41) is 0. The molecule has 0 saturated carbocycles. The Hall–Kier alpha value is -1.68. The molecule has 2 rings (SSSR count). The molecule has 0 aliphatic rings. The molecule has 20 heavy (non-hydrogen) atoms. The maximum atomic E-state index is 12.9. The molecule has 2 aromatic rings. The van der Waals surface area contributed by atoms with Gasteiger partial charge in [0.15, 0.2) is 0 Å². The molecule has 2 nitrogen and oxygen atoms in total. The lowest BCUT2D eigenvalue weighted by molar-refractivity contribution is 0.0784. The molecule has 0 aliphatic heterocycles. The van der Waals surface area contributed by atoms with Crippen molar-refractivity contribution < 1.29 is 9.18 Å². The number of benzene rings is 2. The van der Waals surface area contributed by atoms with Crippen LogP contribution in [-0.4, -0.2) is 17.9 Å². The fourth-order valence-corrected chi connectivity index (χ4v) is 2.33. The van der Waals surface area contributed by atoms with Crippen LogP contribution in [0.25, 0.3) is 0 Å². The summed E-state index contributed by atoms with van der Waals surface area (Å²) in [6.45, 7) is 2.36. The lowest BCUT2D eigenvalue weighted by atomic mass is 10.1. The van der Waals surface area contributed by atoms with E-state index >= 15 is 0 Å². The van der Waals surface area contributed by atoms with Crippen LogP contribution in [0.15, 0.2) is 46.9 Å². The third kappa shape index (κ3) is 3.45. The van der Waals surface area contributed by atoms with E-state index in [1.54, 1.807) is 24.1 Å². The minimum absolute atomic E-state index is 0.0480. The van der Waals surface area contributed by atoms with Crippen LogP contribution in [0.3, 0.4) is 0 Å². The second-order valence-electron chi connectivity index (χ2n) is 4.75. The first-order valence-corrected chi connectivity index (χ1v) is 7.03. The average molecular weight is 336 g/mol. The molecule has 0 aliphatic carbocycles. The summed E-state index contributed by atoms with van der Waals surface area (Å²) in [5.41, 5.74) is 2.50. The van der Waals surface area contributed by atoms with Crippen molar-refractivity contribution in [3.8, 4) is 0 Å². The molecule has 2 aromatic carbocycles. The monoisotopic (exact) mass is 335 g/mol. The fraction of sp³-hybridized carbons (Fsp3) is 0.188. The number of halogens is 2. The van der Waals surface area contributed by atoms with Crippen molar-refractivity contribution >= 4 is 21.8 Å². The lowest BCUT2D eigenvalue weighted by Crippen LogP contribution is -2.26. The van der Waals surface area contributed by atoms with Crippen LogP contribution in [-0.2, 0) is 6.54 Å². The molecule has 0 heterocycles. The smallest absolute Gasteiger partial charge is 0.254 e. The number of aryl methyl sites for hydroxylation is 1. The predicted molar refractivity (Wildman–Crippen MR) is 81.1 cm³/mol. The lowest BCUT2D eigenvalue weighted by Gasteiger charge is -2.18. The Morgan fingerprint density at radius 3 is 2.50 bits per heavy atom. The maximum Gasteiger partial charge on any atom is 0.254 e. The first-order valence-electron chi connectivity index (χ1n) is 6.23. The molecule has 0 unspecified atom stereocenters. The van der Waals surface area contributed by atoms with E-state index in [1.165, 1.54) is 12.1 Å². The average Bonchev–Trinajstić information content (AvgIpc) is 2.43. The highest BCUT2D eigenvalue weighted by Crippen LogP contribution is 2.18. The van der Waals surface area contributed by atoms with E-state index in [0.29, 0.717) is 12.1 Å². The van der Waals surface area contributed by atoms with Crippen molar-refractivity contribution in [3.63, 3.8) is 0 Å². The van der Waals surface area contributed by atoms with Gasteiger partial charge in [0, 0.05) is 23.6 Å². The first kappa shape index (κ1) is 14.7. The highest BCUT2D eigenvalue weighted by atomic mass is 79.9. The van der Waals surface area contributed by atoms with Crippen LogP contribution in [0.5, 0.6) is 0 Å². The van der Waals surface area contributed by atoms with Crippen LogP contribution < -0.4 is 0 Å².